The number of rotatable bonds is 3. The number of hydrogen-bond donors (Lipinski definition) is 0. The number of Topliss-reactive ketones (excluding diaryl/α,β-unsaturated/α-hetero) is 1. The minimum Gasteiger partial charge on any atom is -0.312 e. The van der Waals surface area contributed by atoms with Crippen molar-refractivity contribution in [1.29, 1.82) is 0 Å². The minimum absolute atomic E-state index is 0.121. The summed E-state index contributed by atoms with van der Waals surface area (Å²) in [6.45, 7) is 0.121. The number of ketones is 1. The SMILES string of the molecule is O=C(Cn1cnnc1)c1cccc(F)c1. The van der Waals surface area contributed by atoms with E-state index in [0.29, 0.717) is 5.56 Å². The molecule has 1 aromatic carbocycles. The molecule has 0 amide bonds. The van der Waals surface area contributed by atoms with Crippen LogP contribution >= 0.6 is 0 Å². The highest BCUT2D eigenvalue weighted by atomic mass is 19.1. The third kappa shape index (κ3) is 2.25. The summed E-state index contributed by atoms with van der Waals surface area (Å²) in [7, 11) is 0. The monoisotopic (exact) mass is 205 g/mol. The molecule has 15 heavy (non-hydrogen) atoms. The van der Waals surface area contributed by atoms with Crippen LogP contribution in [0.2, 0.25) is 0 Å². The van der Waals surface area contributed by atoms with Gasteiger partial charge in [0.2, 0.25) is 0 Å². The maximum absolute atomic E-state index is 12.8. The van der Waals surface area contributed by atoms with Gasteiger partial charge in [-0.3, -0.25) is 4.79 Å². The van der Waals surface area contributed by atoms with Crippen molar-refractivity contribution in [3.05, 3.63) is 48.3 Å². The average Bonchev–Trinajstić information content (AvgIpc) is 2.70. The van der Waals surface area contributed by atoms with Crippen LogP contribution in [0.3, 0.4) is 0 Å². The van der Waals surface area contributed by atoms with E-state index >= 15 is 0 Å². The fraction of sp³-hybridized carbons (Fsp3) is 0.100. The van der Waals surface area contributed by atoms with Crippen molar-refractivity contribution < 1.29 is 9.18 Å². The van der Waals surface area contributed by atoms with Gasteiger partial charge < -0.3 is 4.57 Å². The molecule has 76 valence electrons. The van der Waals surface area contributed by atoms with E-state index in [1.165, 1.54) is 35.4 Å². The number of benzene rings is 1. The molecule has 1 heterocycles. The Hall–Kier alpha value is -2.04. The molecule has 2 rings (SSSR count). The van der Waals surface area contributed by atoms with Crippen molar-refractivity contribution in [2.45, 2.75) is 6.54 Å². The van der Waals surface area contributed by atoms with Gasteiger partial charge in [0.15, 0.2) is 5.78 Å². The van der Waals surface area contributed by atoms with E-state index in [1.807, 2.05) is 0 Å². The van der Waals surface area contributed by atoms with Gasteiger partial charge in [-0.05, 0) is 12.1 Å². The number of nitrogens with zero attached hydrogens (tertiary/aromatic N) is 3. The second-order valence-corrected chi connectivity index (χ2v) is 3.07. The highest BCUT2D eigenvalue weighted by molar-refractivity contribution is 5.95. The van der Waals surface area contributed by atoms with E-state index in [-0.39, 0.29) is 12.3 Å². The summed E-state index contributed by atoms with van der Waals surface area (Å²) in [5, 5.41) is 7.15. The van der Waals surface area contributed by atoms with Crippen LogP contribution in [0, 0.1) is 5.82 Å². The van der Waals surface area contributed by atoms with Gasteiger partial charge in [-0.15, -0.1) is 10.2 Å². The van der Waals surface area contributed by atoms with E-state index < -0.39 is 5.82 Å². The number of hydrogen-bond acceptors (Lipinski definition) is 3. The quantitative estimate of drug-likeness (QED) is 0.709. The van der Waals surface area contributed by atoms with E-state index in [4.69, 9.17) is 0 Å². The largest absolute Gasteiger partial charge is 0.312 e. The predicted octanol–water partition coefficient (Wildman–Crippen LogP) is 1.30. The van der Waals surface area contributed by atoms with Crippen molar-refractivity contribution in [2.75, 3.05) is 0 Å². The van der Waals surface area contributed by atoms with Crippen LogP contribution in [-0.2, 0) is 6.54 Å². The van der Waals surface area contributed by atoms with Crippen LogP contribution in [-0.4, -0.2) is 20.5 Å². The normalized spacial score (nSPS) is 10.2. The lowest BCUT2D eigenvalue weighted by Crippen LogP contribution is -2.09. The summed E-state index contributed by atoms with van der Waals surface area (Å²) in [6, 6.07) is 5.60. The van der Waals surface area contributed by atoms with Crippen LogP contribution in [0.15, 0.2) is 36.9 Å². The van der Waals surface area contributed by atoms with E-state index in [2.05, 4.69) is 10.2 Å². The Morgan fingerprint density at radius 1 is 1.33 bits per heavy atom. The first kappa shape index (κ1) is 9.51. The summed E-state index contributed by atoms with van der Waals surface area (Å²) in [4.78, 5) is 11.6. The highest BCUT2D eigenvalue weighted by Crippen LogP contribution is 2.05. The summed E-state index contributed by atoms with van der Waals surface area (Å²) >= 11 is 0. The molecular formula is C10H8FN3O. The van der Waals surface area contributed by atoms with Gasteiger partial charge in [0.1, 0.15) is 18.5 Å². The van der Waals surface area contributed by atoms with Gasteiger partial charge in [-0.1, -0.05) is 12.1 Å². The molecule has 0 bridgehead atoms. The van der Waals surface area contributed by atoms with Crippen LogP contribution in [0.1, 0.15) is 10.4 Å². The molecule has 2 aromatic rings. The van der Waals surface area contributed by atoms with Gasteiger partial charge in [0.05, 0.1) is 6.54 Å². The first-order valence-corrected chi connectivity index (χ1v) is 4.37. The maximum atomic E-state index is 12.8. The van der Waals surface area contributed by atoms with Gasteiger partial charge in [-0.25, -0.2) is 4.39 Å². The number of aromatic nitrogens is 3. The summed E-state index contributed by atoms with van der Waals surface area (Å²) in [6.07, 6.45) is 2.88. The van der Waals surface area contributed by atoms with Gasteiger partial charge in [-0.2, -0.15) is 0 Å². The van der Waals surface area contributed by atoms with E-state index in [9.17, 15) is 9.18 Å². The topological polar surface area (TPSA) is 47.8 Å². The third-order valence-corrected chi connectivity index (χ3v) is 1.94. The van der Waals surface area contributed by atoms with Gasteiger partial charge in [0.25, 0.3) is 0 Å². The predicted molar refractivity (Wildman–Crippen MR) is 50.8 cm³/mol. The van der Waals surface area contributed by atoms with Crippen LogP contribution in [0.4, 0.5) is 4.39 Å². The van der Waals surface area contributed by atoms with Gasteiger partial charge in [0, 0.05) is 5.56 Å². The molecule has 0 aliphatic rings. The molecule has 0 saturated heterocycles. The molecule has 4 nitrogen and oxygen atoms in total. The molecule has 0 saturated carbocycles. The Kier molecular flexibility index (Phi) is 2.53. The first-order valence-electron chi connectivity index (χ1n) is 4.37. The molecule has 0 aliphatic heterocycles. The lowest BCUT2D eigenvalue weighted by molar-refractivity contribution is 0.0971. The Morgan fingerprint density at radius 3 is 2.73 bits per heavy atom. The molecule has 0 aliphatic carbocycles. The number of carbonyl (C=O) groups excluding carboxylic acids is 1. The molecule has 0 radical (unpaired) electrons. The summed E-state index contributed by atoms with van der Waals surface area (Å²) < 4.78 is 14.4. The molecule has 5 heteroatoms. The zero-order valence-electron chi connectivity index (χ0n) is 7.80. The summed E-state index contributed by atoms with van der Waals surface area (Å²) in [5.74, 6) is -0.584. The third-order valence-electron chi connectivity index (χ3n) is 1.94. The lowest BCUT2D eigenvalue weighted by atomic mass is 10.1. The molecule has 0 fully saturated rings. The van der Waals surface area contributed by atoms with Crippen molar-refractivity contribution >= 4 is 5.78 Å². The second-order valence-electron chi connectivity index (χ2n) is 3.07. The molecular weight excluding hydrogens is 197 g/mol. The van der Waals surface area contributed by atoms with E-state index in [0.717, 1.165) is 0 Å². The minimum atomic E-state index is -0.412. The second kappa shape index (κ2) is 4.00. The standard InChI is InChI=1S/C10H8FN3O/c11-9-3-1-2-8(4-9)10(15)5-14-6-12-13-7-14/h1-4,6-7H,5H2. The Morgan fingerprint density at radius 2 is 2.07 bits per heavy atom. The Labute approximate surface area is 85.4 Å². The Bertz CT molecular complexity index is 467. The van der Waals surface area contributed by atoms with Crippen molar-refractivity contribution in [1.82, 2.24) is 14.8 Å². The maximum Gasteiger partial charge on any atom is 0.182 e. The lowest BCUT2D eigenvalue weighted by Gasteiger charge is -2.00. The first-order chi connectivity index (χ1) is 7.25. The van der Waals surface area contributed by atoms with Crippen molar-refractivity contribution in [2.24, 2.45) is 0 Å². The zero-order chi connectivity index (χ0) is 10.7. The smallest absolute Gasteiger partial charge is 0.182 e. The fourth-order valence-corrected chi connectivity index (χ4v) is 1.22. The Balaban J connectivity index is 2.15. The van der Waals surface area contributed by atoms with Crippen LogP contribution in [0.5, 0.6) is 0 Å². The highest BCUT2D eigenvalue weighted by Gasteiger charge is 2.07. The molecule has 0 spiro atoms. The van der Waals surface area contributed by atoms with Crippen LogP contribution < -0.4 is 0 Å². The van der Waals surface area contributed by atoms with Crippen LogP contribution in [0.25, 0.3) is 0 Å². The molecule has 0 unspecified atom stereocenters. The molecule has 0 N–H and O–H groups in total. The average molecular weight is 205 g/mol. The molecule has 1 aromatic heterocycles. The summed E-state index contributed by atoms with van der Waals surface area (Å²) in [5.41, 5.74) is 0.351. The van der Waals surface area contributed by atoms with Gasteiger partial charge >= 0.3 is 0 Å². The molecule has 0 atom stereocenters. The van der Waals surface area contributed by atoms with Crippen molar-refractivity contribution in [3.8, 4) is 0 Å². The zero-order valence-corrected chi connectivity index (χ0v) is 7.80. The van der Waals surface area contributed by atoms with E-state index in [1.54, 1.807) is 6.07 Å². The van der Waals surface area contributed by atoms with Crippen molar-refractivity contribution in [3.63, 3.8) is 0 Å². The number of carbonyl (C=O) groups is 1. The fourth-order valence-electron chi connectivity index (χ4n) is 1.22. The number of halogens is 1.